The van der Waals surface area contributed by atoms with Gasteiger partial charge in [-0.3, -0.25) is 9.69 Å². The summed E-state index contributed by atoms with van der Waals surface area (Å²) in [5.41, 5.74) is 2.30. The number of morpholine rings is 1. The van der Waals surface area contributed by atoms with Gasteiger partial charge in [0.1, 0.15) is 12.4 Å². The summed E-state index contributed by atoms with van der Waals surface area (Å²) < 4.78 is 26.4. The Morgan fingerprint density at radius 3 is 2.63 bits per heavy atom. The Balaban J connectivity index is 1.27. The van der Waals surface area contributed by atoms with Crippen LogP contribution in [0.15, 0.2) is 71.8 Å². The fourth-order valence-electron chi connectivity index (χ4n) is 4.16. The van der Waals surface area contributed by atoms with Crippen molar-refractivity contribution in [3.05, 3.63) is 94.3 Å². The third kappa shape index (κ3) is 6.26. The molecular weight excluding hydrogens is 487 g/mol. The zero-order valence-corrected chi connectivity index (χ0v) is 20.6. The molecule has 0 bridgehead atoms. The molecule has 3 heterocycles. The zero-order chi connectivity index (χ0) is 26.3. The molecule has 0 aliphatic carbocycles. The van der Waals surface area contributed by atoms with Crippen LogP contribution in [0, 0.1) is 17.1 Å². The second kappa shape index (κ2) is 11.7. The van der Waals surface area contributed by atoms with Gasteiger partial charge >= 0.3 is 0 Å². The number of nitriles is 1. The predicted octanol–water partition coefficient (Wildman–Crippen LogP) is 3.14. The Labute approximate surface area is 218 Å². The van der Waals surface area contributed by atoms with Crippen LogP contribution in [0.25, 0.3) is 22.6 Å². The van der Waals surface area contributed by atoms with Crippen molar-refractivity contribution in [2.45, 2.75) is 6.54 Å². The van der Waals surface area contributed by atoms with Crippen LogP contribution in [-0.2, 0) is 11.3 Å². The molecule has 2 aromatic heterocycles. The minimum atomic E-state index is -0.542. The van der Waals surface area contributed by atoms with Gasteiger partial charge in [-0.15, -0.1) is 0 Å². The van der Waals surface area contributed by atoms with Crippen molar-refractivity contribution >= 4 is 0 Å². The lowest BCUT2D eigenvalue weighted by Gasteiger charge is -2.26. The molecule has 0 atom stereocenters. The Morgan fingerprint density at radius 1 is 1.03 bits per heavy atom. The van der Waals surface area contributed by atoms with Crippen molar-refractivity contribution in [2.75, 3.05) is 39.5 Å². The van der Waals surface area contributed by atoms with E-state index < -0.39 is 5.82 Å². The van der Waals surface area contributed by atoms with Gasteiger partial charge in [-0.05, 0) is 35.9 Å². The van der Waals surface area contributed by atoms with E-state index >= 15 is 0 Å². The first-order chi connectivity index (χ1) is 18.6. The fraction of sp³-hybridized carbons (Fsp3) is 0.250. The largest absolute Gasteiger partial charge is 0.489 e. The van der Waals surface area contributed by atoms with E-state index in [-0.39, 0.29) is 17.7 Å². The standard InChI is InChI=1S/C28H25FN6O3/c29-24-14-21(16-30)13-23(15-24)26-4-5-27(36)35(33-26)19-20-2-1-3-22(12-20)28-31-17-25(18-32-28)38-11-8-34-6-9-37-10-7-34/h1-5,12-15,17-18H,6-11,19H2. The van der Waals surface area contributed by atoms with Gasteiger partial charge in [-0.2, -0.15) is 10.4 Å². The minimum absolute atomic E-state index is 0.181. The second-order valence-electron chi connectivity index (χ2n) is 8.80. The lowest BCUT2D eigenvalue weighted by molar-refractivity contribution is 0.0322. The molecule has 0 radical (unpaired) electrons. The number of nitrogens with zero attached hydrogens (tertiary/aromatic N) is 6. The van der Waals surface area contributed by atoms with E-state index in [1.165, 1.54) is 28.9 Å². The van der Waals surface area contributed by atoms with Crippen LogP contribution >= 0.6 is 0 Å². The fourth-order valence-corrected chi connectivity index (χ4v) is 4.16. The first-order valence-electron chi connectivity index (χ1n) is 12.2. The summed E-state index contributed by atoms with van der Waals surface area (Å²) in [6, 6.07) is 16.3. The Hall–Kier alpha value is -4.46. The Bertz CT molecular complexity index is 1510. The van der Waals surface area contributed by atoms with Gasteiger partial charge < -0.3 is 9.47 Å². The number of rotatable bonds is 8. The lowest BCUT2D eigenvalue weighted by Crippen LogP contribution is -2.38. The van der Waals surface area contributed by atoms with Gasteiger partial charge in [-0.1, -0.05) is 18.2 Å². The Morgan fingerprint density at radius 2 is 1.84 bits per heavy atom. The van der Waals surface area contributed by atoms with E-state index in [0.717, 1.165) is 50.0 Å². The summed E-state index contributed by atoms with van der Waals surface area (Å²) in [6.45, 7) is 4.89. The highest BCUT2D eigenvalue weighted by Gasteiger charge is 2.11. The van der Waals surface area contributed by atoms with Gasteiger partial charge in [0.2, 0.25) is 0 Å². The maximum atomic E-state index is 13.9. The summed E-state index contributed by atoms with van der Waals surface area (Å²) >= 11 is 0. The van der Waals surface area contributed by atoms with Crippen LogP contribution in [0.1, 0.15) is 11.1 Å². The van der Waals surface area contributed by atoms with Crippen LogP contribution in [-0.4, -0.2) is 64.1 Å². The molecule has 38 heavy (non-hydrogen) atoms. The first-order valence-corrected chi connectivity index (χ1v) is 12.2. The zero-order valence-electron chi connectivity index (χ0n) is 20.6. The normalized spacial score (nSPS) is 13.7. The van der Waals surface area contributed by atoms with Crippen molar-refractivity contribution in [2.24, 2.45) is 0 Å². The highest BCUT2D eigenvalue weighted by atomic mass is 19.1. The molecule has 0 amide bonds. The molecule has 0 spiro atoms. The average molecular weight is 513 g/mol. The third-order valence-electron chi connectivity index (χ3n) is 6.11. The smallest absolute Gasteiger partial charge is 0.267 e. The molecule has 1 fully saturated rings. The summed E-state index contributed by atoms with van der Waals surface area (Å²) in [7, 11) is 0. The lowest BCUT2D eigenvalue weighted by atomic mass is 10.1. The molecule has 1 aliphatic heterocycles. The molecule has 1 saturated heterocycles. The van der Waals surface area contributed by atoms with Gasteiger partial charge in [0.05, 0.1) is 49.5 Å². The predicted molar refractivity (Wildman–Crippen MR) is 138 cm³/mol. The summed E-state index contributed by atoms with van der Waals surface area (Å²) in [5.74, 6) is 0.590. The van der Waals surface area contributed by atoms with Gasteiger partial charge in [0, 0.05) is 36.8 Å². The van der Waals surface area contributed by atoms with Gasteiger partial charge in [0.25, 0.3) is 5.56 Å². The van der Waals surface area contributed by atoms with Crippen molar-refractivity contribution in [1.82, 2.24) is 24.6 Å². The molecule has 0 N–H and O–H groups in total. The quantitative estimate of drug-likeness (QED) is 0.355. The molecule has 4 aromatic rings. The highest BCUT2D eigenvalue weighted by Crippen LogP contribution is 2.21. The monoisotopic (exact) mass is 512 g/mol. The minimum Gasteiger partial charge on any atom is -0.489 e. The molecular formula is C28H25FN6O3. The number of benzene rings is 2. The van der Waals surface area contributed by atoms with Gasteiger partial charge in [0.15, 0.2) is 11.6 Å². The van der Waals surface area contributed by atoms with Crippen LogP contribution in [0.5, 0.6) is 5.75 Å². The molecule has 10 heteroatoms. The van der Waals surface area contributed by atoms with E-state index in [2.05, 4.69) is 20.0 Å². The van der Waals surface area contributed by atoms with Crippen molar-refractivity contribution in [1.29, 1.82) is 5.26 Å². The second-order valence-corrected chi connectivity index (χ2v) is 8.80. The van der Waals surface area contributed by atoms with Crippen LogP contribution < -0.4 is 10.3 Å². The molecule has 0 saturated carbocycles. The number of aromatic nitrogens is 4. The molecule has 2 aromatic carbocycles. The van der Waals surface area contributed by atoms with E-state index in [1.807, 2.05) is 30.3 Å². The average Bonchev–Trinajstić information content (AvgIpc) is 2.95. The number of ether oxygens (including phenoxy) is 2. The van der Waals surface area contributed by atoms with E-state index in [4.69, 9.17) is 14.7 Å². The highest BCUT2D eigenvalue weighted by molar-refractivity contribution is 5.61. The first kappa shape index (κ1) is 25.2. The van der Waals surface area contributed by atoms with E-state index in [0.29, 0.717) is 29.4 Å². The van der Waals surface area contributed by atoms with Crippen molar-refractivity contribution in [3.63, 3.8) is 0 Å². The number of hydrogen-bond donors (Lipinski definition) is 0. The van der Waals surface area contributed by atoms with Gasteiger partial charge in [-0.25, -0.2) is 19.0 Å². The van der Waals surface area contributed by atoms with Crippen LogP contribution in [0.2, 0.25) is 0 Å². The molecule has 9 nitrogen and oxygen atoms in total. The molecule has 5 rings (SSSR count). The van der Waals surface area contributed by atoms with E-state index in [9.17, 15) is 9.18 Å². The molecule has 1 aliphatic rings. The summed E-state index contributed by atoms with van der Waals surface area (Å²) in [4.78, 5) is 23.7. The molecule has 0 unspecified atom stereocenters. The van der Waals surface area contributed by atoms with Crippen molar-refractivity contribution in [3.8, 4) is 34.5 Å². The number of hydrogen-bond acceptors (Lipinski definition) is 8. The maximum Gasteiger partial charge on any atom is 0.267 e. The summed E-state index contributed by atoms with van der Waals surface area (Å²) in [5, 5.41) is 13.5. The van der Waals surface area contributed by atoms with Crippen molar-refractivity contribution < 1.29 is 13.9 Å². The SMILES string of the molecule is N#Cc1cc(F)cc(-c2ccc(=O)n(Cc3cccc(-c4ncc(OCCN5CCOCC5)cn4)c3)n2)c1. The Kier molecular flexibility index (Phi) is 7.78. The van der Waals surface area contributed by atoms with Crippen LogP contribution in [0.4, 0.5) is 4.39 Å². The van der Waals surface area contributed by atoms with E-state index in [1.54, 1.807) is 12.4 Å². The molecule has 192 valence electrons. The van der Waals surface area contributed by atoms with Crippen LogP contribution in [0.3, 0.4) is 0 Å². The maximum absolute atomic E-state index is 13.9. The number of halogens is 1. The topological polar surface area (TPSA) is 106 Å². The summed E-state index contributed by atoms with van der Waals surface area (Å²) in [6.07, 6.45) is 3.30. The third-order valence-corrected chi connectivity index (χ3v) is 6.11.